The number of esters is 1. The summed E-state index contributed by atoms with van der Waals surface area (Å²) in [6.45, 7) is 9.63. The number of hydrogen-bond acceptors (Lipinski definition) is 3. The molecular formula is C20H28O3. The summed E-state index contributed by atoms with van der Waals surface area (Å²) in [7, 11) is 0. The van der Waals surface area contributed by atoms with Gasteiger partial charge < -0.3 is 4.74 Å². The number of cyclic esters (lactones) is 1. The van der Waals surface area contributed by atoms with Crippen LogP contribution in [0.25, 0.3) is 0 Å². The molecule has 0 radical (unpaired) electrons. The molecule has 0 unspecified atom stereocenters. The minimum Gasteiger partial charge on any atom is -0.458 e. The van der Waals surface area contributed by atoms with Crippen LogP contribution in [-0.2, 0) is 14.3 Å². The van der Waals surface area contributed by atoms with Gasteiger partial charge in [0.1, 0.15) is 6.61 Å². The number of carbonyl (C=O) groups is 2. The Hall–Kier alpha value is -1.38. The van der Waals surface area contributed by atoms with E-state index in [1.54, 1.807) is 6.08 Å². The van der Waals surface area contributed by atoms with Gasteiger partial charge in [-0.2, -0.15) is 0 Å². The molecule has 0 aromatic rings. The molecule has 3 nitrogen and oxygen atoms in total. The molecule has 1 fully saturated rings. The van der Waals surface area contributed by atoms with Crippen LogP contribution < -0.4 is 0 Å². The lowest BCUT2D eigenvalue weighted by Crippen LogP contribution is -2.51. The Kier molecular flexibility index (Phi) is 4.02. The van der Waals surface area contributed by atoms with E-state index in [9.17, 15) is 9.59 Å². The third-order valence-electron chi connectivity index (χ3n) is 7.18. The Labute approximate surface area is 139 Å². The maximum absolute atomic E-state index is 12.2. The summed E-state index contributed by atoms with van der Waals surface area (Å²) in [5.74, 6) is 1.06. The molecule has 3 heteroatoms. The van der Waals surface area contributed by atoms with Crippen LogP contribution in [0.1, 0.15) is 59.8 Å². The molecule has 1 heterocycles. The standard InChI is InChI=1S/C20H28O3/c1-13-5-7-20(4)14(2)9-16(21)11-17(20)19(13,3)8-6-15-10-18(22)23-12-15/h9-10,13,17H,5-8,11-12H2,1-4H3/t13-,17-,19+,20+/m0/s1. The van der Waals surface area contributed by atoms with Crippen LogP contribution in [0.2, 0.25) is 0 Å². The van der Waals surface area contributed by atoms with Crippen LogP contribution in [0.15, 0.2) is 23.3 Å². The number of rotatable bonds is 3. The first kappa shape index (κ1) is 16.5. The smallest absolute Gasteiger partial charge is 0.331 e. The first-order valence-corrected chi connectivity index (χ1v) is 8.83. The van der Waals surface area contributed by atoms with Gasteiger partial charge in [0.15, 0.2) is 5.78 Å². The van der Waals surface area contributed by atoms with Gasteiger partial charge in [0.25, 0.3) is 0 Å². The molecule has 0 aromatic heterocycles. The van der Waals surface area contributed by atoms with Gasteiger partial charge in [-0.3, -0.25) is 4.79 Å². The highest BCUT2D eigenvalue weighted by atomic mass is 16.5. The second-order valence-electron chi connectivity index (χ2n) is 8.32. The van der Waals surface area contributed by atoms with E-state index in [1.165, 1.54) is 18.4 Å². The van der Waals surface area contributed by atoms with Gasteiger partial charge in [-0.05, 0) is 66.9 Å². The average molecular weight is 316 g/mol. The monoisotopic (exact) mass is 316 g/mol. The maximum atomic E-state index is 12.2. The Morgan fingerprint density at radius 1 is 1.26 bits per heavy atom. The lowest BCUT2D eigenvalue weighted by Gasteiger charge is -2.57. The first-order chi connectivity index (χ1) is 10.8. The molecule has 0 N–H and O–H groups in total. The minimum absolute atomic E-state index is 0.130. The summed E-state index contributed by atoms with van der Waals surface area (Å²) < 4.78 is 5.03. The topological polar surface area (TPSA) is 43.4 Å². The Bertz CT molecular complexity index is 600. The van der Waals surface area contributed by atoms with Crippen molar-refractivity contribution >= 4 is 11.8 Å². The van der Waals surface area contributed by atoms with Gasteiger partial charge in [0, 0.05) is 12.5 Å². The lowest BCUT2D eigenvalue weighted by atomic mass is 9.47. The van der Waals surface area contributed by atoms with Crippen LogP contribution in [0.5, 0.6) is 0 Å². The number of ether oxygens (including phenoxy) is 1. The Morgan fingerprint density at radius 3 is 2.65 bits per heavy atom. The van der Waals surface area contributed by atoms with E-state index in [2.05, 4.69) is 27.7 Å². The highest BCUT2D eigenvalue weighted by molar-refractivity contribution is 5.92. The van der Waals surface area contributed by atoms with Gasteiger partial charge in [-0.15, -0.1) is 0 Å². The second kappa shape index (κ2) is 5.61. The van der Waals surface area contributed by atoms with Gasteiger partial charge in [0.05, 0.1) is 0 Å². The molecule has 23 heavy (non-hydrogen) atoms. The predicted molar refractivity (Wildman–Crippen MR) is 89.8 cm³/mol. The SMILES string of the molecule is CC1=CC(=O)C[C@H]2[C@](C)(CCC3=CC(=O)OC3)[C@@H](C)CC[C@]12C. The van der Waals surface area contributed by atoms with Crippen molar-refractivity contribution in [2.24, 2.45) is 22.7 Å². The van der Waals surface area contributed by atoms with Crippen molar-refractivity contribution in [3.63, 3.8) is 0 Å². The average Bonchev–Trinajstić information content (AvgIpc) is 2.91. The Morgan fingerprint density at radius 2 is 2.00 bits per heavy atom. The van der Waals surface area contributed by atoms with Gasteiger partial charge in [-0.1, -0.05) is 26.3 Å². The Balaban J connectivity index is 1.86. The molecule has 1 aliphatic heterocycles. The van der Waals surface area contributed by atoms with Crippen molar-refractivity contribution in [1.29, 1.82) is 0 Å². The largest absolute Gasteiger partial charge is 0.458 e. The summed E-state index contributed by atoms with van der Waals surface area (Å²) in [5.41, 5.74) is 2.64. The fourth-order valence-corrected chi connectivity index (χ4v) is 5.10. The van der Waals surface area contributed by atoms with E-state index in [0.717, 1.165) is 18.4 Å². The molecule has 0 amide bonds. The normalized spacial score (nSPS) is 40.3. The third kappa shape index (κ3) is 2.68. The summed E-state index contributed by atoms with van der Waals surface area (Å²) in [6.07, 6.45) is 8.49. The first-order valence-electron chi connectivity index (χ1n) is 8.83. The van der Waals surface area contributed by atoms with Gasteiger partial charge in [0.2, 0.25) is 0 Å². The summed E-state index contributed by atoms with van der Waals surface area (Å²) in [4.78, 5) is 23.5. The summed E-state index contributed by atoms with van der Waals surface area (Å²) >= 11 is 0. The number of hydrogen-bond donors (Lipinski definition) is 0. The van der Waals surface area contributed by atoms with E-state index in [4.69, 9.17) is 4.74 Å². The van der Waals surface area contributed by atoms with Crippen LogP contribution >= 0.6 is 0 Å². The van der Waals surface area contributed by atoms with E-state index in [-0.39, 0.29) is 22.6 Å². The third-order valence-corrected chi connectivity index (χ3v) is 7.18. The van der Waals surface area contributed by atoms with Gasteiger partial charge in [-0.25, -0.2) is 4.79 Å². The molecule has 0 spiro atoms. The number of ketones is 1. The summed E-state index contributed by atoms with van der Waals surface area (Å²) in [5, 5.41) is 0. The van der Waals surface area contributed by atoms with E-state index in [0.29, 0.717) is 24.9 Å². The van der Waals surface area contributed by atoms with Crippen molar-refractivity contribution in [2.75, 3.05) is 6.61 Å². The predicted octanol–water partition coefficient (Wildman–Crippen LogP) is 4.23. The maximum Gasteiger partial charge on any atom is 0.331 e. The number of allylic oxidation sites excluding steroid dienone is 2. The zero-order valence-electron chi connectivity index (χ0n) is 14.8. The second-order valence-corrected chi connectivity index (χ2v) is 8.32. The van der Waals surface area contributed by atoms with E-state index < -0.39 is 0 Å². The molecule has 3 rings (SSSR count). The van der Waals surface area contributed by atoms with Crippen molar-refractivity contribution in [3.05, 3.63) is 23.3 Å². The summed E-state index contributed by atoms with van der Waals surface area (Å²) in [6, 6.07) is 0. The number of fused-ring (bicyclic) bond motifs is 1. The van der Waals surface area contributed by atoms with Crippen LogP contribution in [-0.4, -0.2) is 18.4 Å². The molecular weight excluding hydrogens is 288 g/mol. The molecule has 0 bridgehead atoms. The highest BCUT2D eigenvalue weighted by Crippen LogP contribution is 2.61. The fraction of sp³-hybridized carbons (Fsp3) is 0.700. The molecule has 0 aromatic carbocycles. The molecule has 126 valence electrons. The molecule has 3 aliphatic rings. The van der Waals surface area contributed by atoms with E-state index in [1.807, 2.05) is 6.08 Å². The van der Waals surface area contributed by atoms with Crippen LogP contribution in [0.3, 0.4) is 0 Å². The van der Waals surface area contributed by atoms with E-state index >= 15 is 0 Å². The highest BCUT2D eigenvalue weighted by Gasteiger charge is 2.54. The van der Waals surface area contributed by atoms with Crippen LogP contribution in [0.4, 0.5) is 0 Å². The zero-order chi connectivity index (χ0) is 16.8. The quantitative estimate of drug-likeness (QED) is 0.732. The van der Waals surface area contributed by atoms with Crippen molar-refractivity contribution in [1.82, 2.24) is 0 Å². The molecule has 0 saturated heterocycles. The minimum atomic E-state index is -0.210. The van der Waals surface area contributed by atoms with Crippen molar-refractivity contribution in [2.45, 2.75) is 59.8 Å². The molecule has 2 aliphatic carbocycles. The van der Waals surface area contributed by atoms with Crippen molar-refractivity contribution < 1.29 is 14.3 Å². The number of carbonyl (C=O) groups excluding carboxylic acids is 2. The van der Waals surface area contributed by atoms with Crippen LogP contribution in [0, 0.1) is 22.7 Å². The van der Waals surface area contributed by atoms with Gasteiger partial charge >= 0.3 is 5.97 Å². The lowest BCUT2D eigenvalue weighted by molar-refractivity contribution is -0.135. The molecule has 4 atom stereocenters. The fourth-order valence-electron chi connectivity index (χ4n) is 5.10. The zero-order valence-corrected chi connectivity index (χ0v) is 14.8. The van der Waals surface area contributed by atoms with Crippen molar-refractivity contribution in [3.8, 4) is 0 Å². The molecule has 1 saturated carbocycles.